The van der Waals surface area contributed by atoms with E-state index in [1.807, 2.05) is 59.2 Å². The molecule has 6 nitrogen and oxygen atoms in total. The van der Waals surface area contributed by atoms with Gasteiger partial charge in [0, 0.05) is 11.1 Å². The van der Waals surface area contributed by atoms with Crippen molar-refractivity contribution in [2.24, 2.45) is 10.2 Å². The van der Waals surface area contributed by atoms with Crippen LogP contribution in [0.25, 0.3) is 10.9 Å². The minimum Gasteiger partial charge on any atom is -0.493 e. The SMILES string of the molecule is Oc1c(N=NC(=S)Nc2ccccc2)c2ccccc2n1CN1CCCC1. The molecule has 0 atom stereocenters. The predicted molar refractivity (Wildman–Crippen MR) is 112 cm³/mol. The van der Waals surface area contributed by atoms with Gasteiger partial charge in [0.2, 0.25) is 11.0 Å². The summed E-state index contributed by atoms with van der Waals surface area (Å²) in [5.74, 6) is 0.120. The fraction of sp³-hybridized carbons (Fsp3) is 0.250. The first kappa shape index (κ1) is 17.6. The number of rotatable bonds is 4. The number of hydrogen-bond donors (Lipinski definition) is 2. The molecule has 138 valence electrons. The zero-order valence-corrected chi connectivity index (χ0v) is 15.7. The number of nitrogens with zero attached hydrogens (tertiary/aromatic N) is 4. The first-order valence-electron chi connectivity index (χ1n) is 9.03. The summed E-state index contributed by atoms with van der Waals surface area (Å²) >= 11 is 5.26. The molecule has 0 unspecified atom stereocenters. The van der Waals surface area contributed by atoms with Crippen LogP contribution in [0.1, 0.15) is 12.8 Å². The number of azo groups is 1. The second kappa shape index (κ2) is 7.85. The second-order valence-corrected chi connectivity index (χ2v) is 6.97. The number of para-hydroxylation sites is 2. The van der Waals surface area contributed by atoms with E-state index in [2.05, 4.69) is 20.4 Å². The smallest absolute Gasteiger partial charge is 0.221 e. The minimum atomic E-state index is 0.120. The fourth-order valence-electron chi connectivity index (χ4n) is 3.40. The molecule has 0 saturated carbocycles. The van der Waals surface area contributed by atoms with E-state index in [4.69, 9.17) is 12.2 Å². The maximum atomic E-state index is 10.8. The van der Waals surface area contributed by atoms with Crippen LogP contribution in [0, 0.1) is 0 Å². The fourth-order valence-corrected chi connectivity index (χ4v) is 3.56. The standard InChI is InChI=1S/C20H21N5OS/c26-19-18(22-23-20(27)21-15-8-2-1-3-9-15)16-10-4-5-11-17(16)25(19)14-24-12-6-7-13-24/h1-5,8-11,26H,6-7,12-14H2,(H,21,27). The van der Waals surface area contributed by atoms with Gasteiger partial charge < -0.3 is 10.4 Å². The van der Waals surface area contributed by atoms with Crippen LogP contribution in [0.5, 0.6) is 5.88 Å². The van der Waals surface area contributed by atoms with Gasteiger partial charge in [-0.15, -0.1) is 10.2 Å². The lowest BCUT2D eigenvalue weighted by atomic mass is 10.2. The molecule has 0 bridgehead atoms. The number of aromatic nitrogens is 1. The number of likely N-dealkylation sites (tertiary alicyclic amines) is 1. The van der Waals surface area contributed by atoms with E-state index < -0.39 is 0 Å². The van der Waals surface area contributed by atoms with Crippen molar-refractivity contribution < 1.29 is 5.11 Å². The molecular formula is C20H21N5OS. The number of thiocarbonyl (C=S) groups is 1. The molecule has 3 aromatic rings. The van der Waals surface area contributed by atoms with E-state index >= 15 is 0 Å². The largest absolute Gasteiger partial charge is 0.493 e. The lowest BCUT2D eigenvalue weighted by molar-refractivity contribution is 0.258. The van der Waals surface area contributed by atoms with E-state index in [9.17, 15) is 5.11 Å². The van der Waals surface area contributed by atoms with Gasteiger partial charge in [0.05, 0.1) is 12.2 Å². The van der Waals surface area contributed by atoms with Gasteiger partial charge in [-0.25, -0.2) is 0 Å². The number of nitrogens with one attached hydrogen (secondary N) is 1. The van der Waals surface area contributed by atoms with Gasteiger partial charge in [-0.2, -0.15) is 0 Å². The topological polar surface area (TPSA) is 65.2 Å². The van der Waals surface area contributed by atoms with Crippen LogP contribution in [-0.4, -0.2) is 32.8 Å². The Morgan fingerprint density at radius 1 is 1.04 bits per heavy atom. The van der Waals surface area contributed by atoms with E-state index in [1.54, 1.807) is 0 Å². The minimum absolute atomic E-state index is 0.120. The van der Waals surface area contributed by atoms with Crippen molar-refractivity contribution in [3.8, 4) is 5.88 Å². The Morgan fingerprint density at radius 2 is 1.74 bits per heavy atom. The molecule has 1 fully saturated rings. The van der Waals surface area contributed by atoms with E-state index in [0.717, 1.165) is 29.7 Å². The van der Waals surface area contributed by atoms with Crippen LogP contribution in [-0.2, 0) is 6.67 Å². The van der Waals surface area contributed by atoms with Gasteiger partial charge in [0.25, 0.3) is 0 Å². The Morgan fingerprint density at radius 3 is 2.52 bits per heavy atom. The average Bonchev–Trinajstić information content (AvgIpc) is 3.29. The average molecular weight is 379 g/mol. The Labute approximate surface area is 163 Å². The number of hydrogen-bond acceptors (Lipinski definition) is 4. The van der Waals surface area contributed by atoms with Crippen molar-refractivity contribution in [1.29, 1.82) is 0 Å². The Hall–Kier alpha value is -2.77. The molecule has 0 aliphatic carbocycles. The third-order valence-electron chi connectivity index (χ3n) is 4.72. The summed E-state index contributed by atoms with van der Waals surface area (Å²) in [6.45, 7) is 2.75. The van der Waals surface area contributed by atoms with Gasteiger partial charge >= 0.3 is 0 Å². The molecule has 2 heterocycles. The summed E-state index contributed by atoms with van der Waals surface area (Å²) in [5.41, 5.74) is 2.24. The van der Waals surface area contributed by atoms with Crippen LogP contribution in [0.3, 0.4) is 0 Å². The normalized spacial score (nSPS) is 15.0. The summed E-state index contributed by atoms with van der Waals surface area (Å²) in [4.78, 5) is 2.33. The molecular weight excluding hydrogens is 358 g/mol. The molecule has 0 spiro atoms. The summed E-state index contributed by atoms with van der Waals surface area (Å²) in [7, 11) is 0. The van der Waals surface area contributed by atoms with Crippen LogP contribution in [0.15, 0.2) is 64.8 Å². The van der Waals surface area contributed by atoms with Gasteiger partial charge in [0.1, 0.15) is 0 Å². The number of fused-ring (bicyclic) bond motifs is 1. The summed E-state index contributed by atoms with van der Waals surface area (Å²) in [5, 5.41) is 23.3. The quantitative estimate of drug-likeness (QED) is 0.501. The monoisotopic (exact) mass is 379 g/mol. The third-order valence-corrected chi connectivity index (χ3v) is 4.91. The third kappa shape index (κ3) is 3.84. The van der Waals surface area contributed by atoms with Gasteiger partial charge in [-0.05, 0) is 56.3 Å². The van der Waals surface area contributed by atoms with Crippen molar-refractivity contribution >= 4 is 39.6 Å². The molecule has 0 radical (unpaired) electrons. The summed E-state index contributed by atoms with van der Waals surface area (Å²) in [6, 6.07) is 17.4. The Balaban J connectivity index is 1.61. The van der Waals surface area contributed by atoms with Crippen LogP contribution in [0.4, 0.5) is 11.4 Å². The zero-order valence-electron chi connectivity index (χ0n) is 14.9. The number of aromatic hydroxyl groups is 1. The molecule has 27 heavy (non-hydrogen) atoms. The highest BCUT2D eigenvalue weighted by atomic mass is 32.1. The van der Waals surface area contributed by atoms with Crippen molar-refractivity contribution in [2.75, 3.05) is 18.4 Å². The highest BCUT2D eigenvalue weighted by molar-refractivity contribution is 7.80. The Kier molecular flexibility index (Phi) is 5.13. The van der Waals surface area contributed by atoms with Gasteiger partial charge in [0.15, 0.2) is 5.69 Å². The first-order valence-corrected chi connectivity index (χ1v) is 9.43. The highest BCUT2D eigenvalue weighted by Gasteiger charge is 2.20. The molecule has 4 rings (SSSR count). The lowest BCUT2D eigenvalue weighted by Crippen LogP contribution is -2.22. The molecule has 1 aromatic heterocycles. The van der Waals surface area contributed by atoms with Crippen LogP contribution >= 0.6 is 12.2 Å². The predicted octanol–water partition coefficient (Wildman–Crippen LogP) is 4.88. The number of benzene rings is 2. The molecule has 1 saturated heterocycles. The lowest BCUT2D eigenvalue weighted by Gasteiger charge is -2.17. The molecule has 2 aromatic carbocycles. The highest BCUT2D eigenvalue weighted by Crippen LogP contribution is 2.39. The van der Waals surface area contributed by atoms with E-state index in [-0.39, 0.29) is 11.0 Å². The Bertz CT molecular complexity index is 977. The molecule has 0 amide bonds. The van der Waals surface area contributed by atoms with Crippen LogP contribution < -0.4 is 5.32 Å². The van der Waals surface area contributed by atoms with Crippen LogP contribution in [0.2, 0.25) is 0 Å². The van der Waals surface area contributed by atoms with Crippen molar-refractivity contribution in [2.45, 2.75) is 19.5 Å². The molecule has 1 aliphatic rings. The van der Waals surface area contributed by atoms with Crippen molar-refractivity contribution in [3.05, 3.63) is 54.6 Å². The second-order valence-electron chi connectivity index (χ2n) is 6.58. The maximum absolute atomic E-state index is 10.8. The first-order chi connectivity index (χ1) is 13.2. The van der Waals surface area contributed by atoms with E-state index in [0.29, 0.717) is 12.4 Å². The molecule has 7 heteroatoms. The van der Waals surface area contributed by atoms with Gasteiger partial charge in [-0.3, -0.25) is 9.47 Å². The zero-order chi connectivity index (χ0) is 18.6. The van der Waals surface area contributed by atoms with Gasteiger partial charge in [-0.1, -0.05) is 36.4 Å². The summed E-state index contributed by atoms with van der Waals surface area (Å²) in [6.07, 6.45) is 2.40. The maximum Gasteiger partial charge on any atom is 0.221 e. The summed E-state index contributed by atoms with van der Waals surface area (Å²) < 4.78 is 1.89. The molecule has 2 N–H and O–H groups in total. The van der Waals surface area contributed by atoms with Crippen molar-refractivity contribution in [1.82, 2.24) is 9.47 Å². The molecule has 1 aliphatic heterocycles. The van der Waals surface area contributed by atoms with E-state index in [1.165, 1.54) is 12.8 Å². The number of anilines is 1. The van der Waals surface area contributed by atoms with Crippen molar-refractivity contribution in [3.63, 3.8) is 0 Å².